The fourth-order valence-corrected chi connectivity index (χ4v) is 4.41. The molecule has 0 saturated heterocycles. The van der Waals surface area contributed by atoms with Crippen molar-refractivity contribution < 1.29 is 19.0 Å². The second-order valence-electron chi connectivity index (χ2n) is 7.98. The number of rotatable bonds is 4. The average molecular weight is 432 g/mol. The smallest absolute Gasteiger partial charge is 0.299 e. The van der Waals surface area contributed by atoms with E-state index >= 15 is 0 Å². The zero-order chi connectivity index (χ0) is 22.3. The molecule has 6 rings (SSSR count). The first kappa shape index (κ1) is 19.4. The summed E-state index contributed by atoms with van der Waals surface area (Å²) in [5.74, 6) is 0.573. The predicted octanol–water partition coefficient (Wildman–Crippen LogP) is 6.31. The van der Waals surface area contributed by atoms with Gasteiger partial charge in [-0.25, -0.2) is 0 Å². The molecule has 2 aliphatic rings. The van der Waals surface area contributed by atoms with Crippen LogP contribution < -0.4 is 14.2 Å². The van der Waals surface area contributed by atoms with Gasteiger partial charge in [0.1, 0.15) is 23.9 Å². The molecule has 4 heteroatoms. The van der Waals surface area contributed by atoms with Crippen LogP contribution in [0, 0.1) is 0 Å². The van der Waals surface area contributed by atoms with E-state index in [0.717, 1.165) is 27.8 Å². The Morgan fingerprint density at radius 3 is 2.30 bits per heavy atom. The minimum absolute atomic E-state index is 0.137. The van der Waals surface area contributed by atoms with E-state index in [-0.39, 0.29) is 5.78 Å². The minimum atomic E-state index is -1.23. The number of carbonyl (C=O) groups is 1. The highest BCUT2D eigenvalue weighted by Gasteiger charge is 2.45. The first-order chi connectivity index (χ1) is 16.2. The summed E-state index contributed by atoms with van der Waals surface area (Å²) >= 11 is 0. The van der Waals surface area contributed by atoms with E-state index in [1.165, 1.54) is 6.08 Å². The van der Waals surface area contributed by atoms with E-state index < -0.39 is 5.79 Å². The topological polar surface area (TPSA) is 44.8 Å². The van der Waals surface area contributed by atoms with Crippen LogP contribution in [0.15, 0.2) is 103 Å². The third-order valence-electron chi connectivity index (χ3n) is 5.90. The van der Waals surface area contributed by atoms with Crippen LogP contribution in [0.1, 0.15) is 21.5 Å². The molecule has 0 fully saturated rings. The molecule has 0 unspecified atom stereocenters. The summed E-state index contributed by atoms with van der Waals surface area (Å²) in [4.78, 5) is 12.9. The summed E-state index contributed by atoms with van der Waals surface area (Å²) in [6, 6.07) is 27.3. The fourth-order valence-electron chi connectivity index (χ4n) is 4.41. The number of fused-ring (bicyclic) bond motifs is 2. The van der Waals surface area contributed by atoms with Gasteiger partial charge in [-0.05, 0) is 47.4 Å². The molecule has 1 heterocycles. The molecule has 4 aromatic carbocycles. The summed E-state index contributed by atoms with van der Waals surface area (Å²) in [6.45, 7) is 0.333. The van der Waals surface area contributed by atoms with Gasteiger partial charge in [-0.2, -0.15) is 0 Å². The van der Waals surface area contributed by atoms with Crippen LogP contribution in [0.3, 0.4) is 0 Å². The molecule has 160 valence electrons. The molecular weight excluding hydrogens is 412 g/mol. The Morgan fingerprint density at radius 2 is 1.55 bits per heavy atom. The maximum absolute atomic E-state index is 12.9. The van der Waals surface area contributed by atoms with Crippen LogP contribution in [-0.2, 0) is 5.79 Å². The zero-order valence-electron chi connectivity index (χ0n) is 17.7. The Morgan fingerprint density at radius 1 is 0.818 bits per heavy atom. The predicted molar refractivity (Wildman–Crippen MR) is 128 cm³/mol. The normalized spacial score (nSPS) is 15.3. The van der Waals surface area contributed by atoms with Crippen molar-refractivity contribution in [1.29, 1.82) is 0 Å². The molecular formula is C29H20O4. The van der Waals surface area contributed by atoms with Crippen molar-refractivity contribution >= 4 is 22.6 Å². The van der Waals surface area contributed by atoms with E-state index in [2.05, 4.69) is 0 Å². The largest absolute Gasteiger partial charge is 0.489 e. The molecule has 4 nitrogen and oxygen atoms in total. The lowest BCUT2D eigenvalue weighted by atomic mass is 9.89. The molecule has 1 aliphatic heterocycles. The quantitative estimate of drug-likeness (QED) is 0.379. The van der Waals surface area contributed by atoms with Crippen molar-refractivity contribution in [2.24, 2.45) is 0 Å². The standard InChI is InChI=1S/C29H20O4/c30-23-17-18-29(32-25-15-4-11-21-12-5-16-26(33-29)27(21)25)22-13-6-14-24(28(22)23)31-19-7-10-20-8-2-1-3-9-20/h1-18H,19H2/b10-7+. The third kappa shape index (κ3) is 3.28. The molecule has 0 bridgehead atoms. The van der Waals surface area contributed by atoms with Crippen LogP contribution in [0.4, 0.5) is 0 Å². The van der Waals surface area contributed by atoms with E-state index in [9.17, 15) is 4.79 Å². The van der Waals surface area contributed by atoms with Crippen molar-refractivity contribution in [3.8, 4) is 17.2 Å². The van der Waals surface area contributed by atoms with Crippen LogP contribution in [0.25, 0.3) is 16.8 Å². The highest BCUT2D eigenvalue weighted by Crippen LogP contribution is 2.48. The maximum atomic E-state index is 12.9. The molecule has 1 aliphatic carbocycles. The Balaban J connectivity index is 1.35. The summed E-state index contributed by atoms with van der Waals surface area (Å²) < 4.78 is 18.8. The molecule has 0 atom stereocenters. The van der Waals surface area contributed by atoms with Gasteiger partial charge in [0, 0.05) is 6.08 Å². The summed E-state index contributed by atoms with van der Waals surface area (Å²) in [5, 5.41) is 1.97. The van der Waals surface area contributed by atoms with Gasteiger partial charge in [-0.15, -0.1) is 0 Å². The lowest BCUT2D eigenvalue weighted by molar-refractivity contribution is -0.0840. The van der Waals surface area contributed by atoms with Crippen molar-refractivity contribution in [1.82, 2.24) is 0 Å². The Hall–Kier alpha value is -4.31. The number of benzene rings is 4. The van der Waals surface area contributed by atoms with Gasteiger partial charge in [-0.1, -0.05) is 66.7 Å². The van der Waals surface area contributed by atoms with E-state index in [0.29, 0.717) is 23.5 Å². The Bertz CT molecular complexity index is 1390. The van der Waals surface area contributed by atoms with E-state index in [1.54, 1.807) is 12.1 Å². The van der Waals surface area contributed by atoms with Crippen molar-refractivity contribution in [3.63, 3.8) is 0 Å². The lowest BCUT2D eigenvalue weighted by Crippen LogP contribution is -2.42. The number of hydrogen-bond donors (Lipinski definition) is 0. The molecule has 1 spiro atoms. The SMILES string of the molecule is O=C1C=CC2(Oc3cccc4cccc(c34)O2)c2cccc(OC/C=C/c3ccccc3)c21. The van der Waals surface area contributed by atoms with Crippen LogP contribution in [0.5, 0.6) is 17.2 Å². The summed E-state index contributed by atoms with van der Waals surface area (Å²) in [6.07, 6.45) is 7.11. The van der Waals surface area contributed by atoms with Gasteiger partial charge in [0.2, 0.25) is 0 Å². The van der Waals surface area contributed by atoms with Gasteiger partial charge in [-0.3, -0.25) is 4.79 Å². The first-order valence-corrected chi connectivity index (χ1v) is 10.8. The van der Waals surface area contributed by atoms with Crippen LogP contribution in [-0.4, -0.2) is 12.4 Å². The maximum Gasteiger partial charge on any atom is 0.299 e. The molecule has 0 N–H and O–H groups in total. The summed E-state index contributed by atoms with van der Waals surface area (Å²) in [5.41, 5.74) is 2.18. The number of hydrogen-bond acceptors (Lipinski definition) is 4. The third-order valence-corrected chi connectivity index (χ3v) is 5.90. The average Bonchev–Trinajstić information content (AvgIpc) is 2.85. The molecule has 0 amide bonds. The van der Waals surface area contributed by atoms with Crippen molar-refractivity contribution in [2.75, 3.05) is 6.61 Å². The molecule has 4 aromatic rings. The van der Waals surface area contributed by atoms with Gasteiger partial charge < -0.3 is 14.2 Å². The fraction of sp³-hybridized carbons (Fsp3) is 0.0690. The lowest BCUT2D eigenvalue weighted by Gasteiger charge is -2.39. The second kappa shape index (κ2) is 7.68. The van der Waals surface area contributed by atoms with E-state index in [4.69, 9.17) is 14.2 Å². The Kier molecular flexibility index (Phi) is 4.51. The first-order valence-electron chi connectivity index (χ1n) is 10.8. The number of ether oxygens (including phenoxy) is 3. The van der Waals surface area contributed by atoms with Gasteiger partial charge in [0.15, 0.2) is 5.78 Å². The second-order valence-corrected chi connectivity index (χ2v) is 7.98. The van der Waals surface area contributed by atoms with Crippen molar-refractivity contribution in [2.45, 2.75) is 5.79 Å². The molecule has 0 saturated carbocycles. The minimum Gasteiger partial charge on any atom is -0.489 e. The Labute approximate surface area is 191 Å². The molecule has 0 radical (unpaired) electrons. The van der Waals surface area contributed by atoms with Gasteiger partial charge in [0.05, 0.1) is 16.5 Å². The molecule has 0 aromatic heterocycles. The highest BCUT2D eigenvalue weighted by atomic mass is 16.7. The summed E-state index contributed by atoms with van der Waals surface area (Å²) in [7, 11) is 0. The van der Waals surface area contributed by atoms with E-state index in [1.807, 2.05) is 91.0 Å². The monoisotopic (exact) mass is 432 g/mol. The van der Waals surface area contributed by atoms with Gasteiger partial charge >= 0.3 is 0 Å². The van der Waals surface area contributed by atoms with Crippen LogP contribution in [0.2, 0.25) is 0 Å². The zero-order valence-corrected chi connectivity index (χ0v) is 17.7. The van der Waals surface area contributed by atoms with Crippen LogP contribution >= 0.6 is 0 Å². The van der Waals surface area contributed by atoms with Gasteiger partial charge in [0.25, 0.3) is 5.79 Å². The number of ketones is 1. The molecule has 33 heavy (non-hydrogen) atoms. The number of carbonyl (C=O) groups excluding carboxylic acids is 1. The highest BCUT2D eigenvalue weighted by molar-refractivity contribution is 6.09. The van der Waals surface area contributed by atoms with Crippen molar-refractivity contribution in [3.05, 3.63) is 120 Å². The number of allylic oxidation sites excluding steroid dienone is 1.